The molecular weight excluding hydrogens is 636 g/mol. The maximum Gasteiger partial charge on any atom is 0.245 e. The summed E-state index contributed by atoms with van der Waals surface area (Å²) in [5.41, 5.74) is 3.95. The zero-order chi connectivity index (χ0) is 35.5. The first kappa shape index (κ1) is 34.7. The van der Waals surface area contributed by atoms with Crippen molar-refractivity contribution in [1.82, 2.24) is 24.8 Å². The number of anilines is 1. The van der Waals surface area contributed by atoms with E-state index in [1.807, 2.05) is 59.7 Å². The fourth-order valence-electron chi connectivity index (χ4n) is 7.37. The molecule has 2 aliphatic rings. The number of carbonyl (C=O) groups excluding carboxylic acids is 2. The zero-order valence-electron chi connectivity index (χ0n) is 29.6. The van der Waals surface area contributed by atoms with Gasteiger partial charge in [0.1, 0.15) is 11.9 Å². The van der Waals surface area contributed by atoms with Crippen LogP contribution in [0.4, 0.5) is 5.69 Å². The van der Waals surface area contributed by atoms with E-state index in [1.165, 1.54) is 6.92 Å². The Labute approximate surface area is 292 Å². The molecule has 6 rings (SSSR count). The van der Waals surface area contributed by atoms with E-state index in [0.717, 1.165) is 47.4 Å². The van der Waals surface area contributed by atoms with Crippen LogP contribution < -0.4 is 30.3 Å². The van der Waals surface area contributed by atoms with Gasteiger partial charge in [-0.05, 0) is 78.6 Å². The fourth-order valence-corrected chi connectivity index (χ4v) is 7.37. The molecule has 2 N–H and O–H groups in total. The molecule has 0 bridgehead atoms. The molecule has 3 heterocycles. The van der Waals surface area contributed by atoms with Crippen molar-refractivity contribution in [2.75, 3.05) is 39.7 Å². The lowest BCUT2D eigenvalue weighted by Gasteiger charge is -2.35. The highest BCUT2D eigenvalue weighted by Crippen LogP contribution is 2.50. The Bertz CT molecular complexity index is 1950. The van der Waals surface area contributed by atoms with Gasteiger partial charge in [-0.15, -0.1) is 10.2 Å². The third-order valence-corrected chi connectivity index (χ3v) is 10.2. The summed E-state index contributed by atoms with van der Waals surface area (Å²) < 4.78 is 19.3. The first-order chi connectivity index (χ1) is 24.2. The highest BCUT2D eigenvalue weighted by molar-refractivity contribution is 5.86. The SMILES string of the molecule is CC[C@H](C)[C@@H](Nc1ccc2c(cc1=O)[C@H](NC(C)=O)CCc1cc(OC)c(OC)c(OC)c1-2)C(=O)N1CCC(c2nnc3ccccn23)CC1. The molecule has 264 valence electrons. The van der Waals surface area contributed by atoms with Crippen LogP contribution in [0.3, 0.4) is 0 Å². The number of carbonyl (C=O) groups is 2. The van der Waals surface area contributed by atoms with E-state index >= 15 is 0 Å². The number of rotatable bonds is 10. The third kappa shape index (κ3) is 6.58. The van der Waals surface area contributed by atoms with Crippen molar-refractivity contribution < 1.29 is 23.8 Å². The Morgan fingerprint density at radius 1 is 0.980 bits per heavy atom. The van der Waals surface area contributed by atoms with Crippen molar-refractivity contribution >= 4 is 23.1 Å². The molecule has 2 aromatic carbocycles. The summed E-state index contributed by atoms with van der Waals surface area (Å²) in [6.45, 7) is 6.71. The van der Waals surface area contributed by atoms with Crippen LogP contribution in [-0.2, 0) is 16.0 Å². The quantitative estimate of drug-likeness (QED) is 0.233. The number of piperidine rings is 1. The number of aryl methyl sites for hydroxylation is 1. The highest BCUT2D eigenvalue weighted by atomic mass is 16.5. The van der Waals surface area contributed by atoms with Gasteiger partial charge in [-0.1, -0.05) is 32.4 Å². The molecule has 4 aromatic rings. The van der Waals surface area contributed by atoms with Gasteiger partial charge in [0, 0.05) is 37.7 Å². The minimum absolute atomic E-state index is 0.0312. The zero-order valence-corrected chi connectivity index (χ0v) is 29.6. The number of hydrogen-bond donors (Lipinski definition) is 2. The number of hydrogen-bond acceptors (Lipinski definition) is 9. The largest absolute Gasteiger partial charge is 0.493 e. The van der Waals surface area contributed by atoms with E-state index in [2.05, 4.69) is 20.8 Å². The molecule has 50 heavy (non-hydrogen) atoms. The second-order valence-corrected chi connectivity index (χ2v) is 13.2. The van der Waals surface area contributed by atoms with Crippen LogP contribution in [0.25, 0.3) is 16.8 Å². The topological polar surface area (TPSA) is 136 Å². The minimum Gasteiger partial charge on any atom is -0.493 e. The van der Waals surface area contributed by atoms with Gasteiger partial charge in [0.15, 0.2) is 17.1 Å². The summed E-state index contributed by atoms with van der Waals surface area (Å²) in [7, 11) is 4.70. The smallest absolute Gasteiger partial charge is 0.245 e. The number of ether oxygens (including phenoxy) is 3. The molecule has 3 atom stereocenters. The molecule has 0 radical (unpaired) electrons. The number of nitrogens with one attached hydrogen (secondary N) is 2. The van der Waals surface area contributed by atoms with E-state index in [0.29, 0.717) is 54.4 Å². The van der Waals surface area contributed by atoms with Gasteiger partial charge in [-0.2, -0.15) is 0 Å². The monoisotopic (exact) mass is 682 g/mol. The average Bonchev–Trinajstić information content (AvgIpc) is 3.43. The van der Waals surface area contributed by atoms with Crippen molar-refractivity contribution in [3.63, 3.8) is 0 Å². The summed E-state index contributed by atoms with van der Waals surface area (Å²) in [5.74, 6) is 2.29. The lowest BCUT2D eigenvalue weighted by molar-refractivity contribution is -0.134. The van der Waals surface area contributed by atoms with E-state index in [4.69, 9.17) is 14.2 Å². The van der Waals surface area contributed by atoms with Crippen LogP contribution in [0.2, 0.25) is 0 Å². The van der Waals surface area contributed by atoms with Crippen LogP contribution in [0.1, 0.15) is 75.4 Å². The van der Waals surface area contributed by atoms with Crippen LogP contribution in [0.5, 0.6) is 17.2 Å². The normalized spacial score (nSPS) is 17.2. The lowest BCUT2D eigenvalue weighted by Crippen LogP contribution is -2.49. The number of benzene rings is 1. The minimum atomic E-state index is -0.613. The summed E-state index contributed by atoms with van der Waals surface area (Å²) in [6, 6.07) is 11.9. The fraction of sp³-hybridized carbons (Fsp3) is 0.447. The predicted molar refractivity (Wildman–Crippen MR) is 191 cm³/mol. The summed E-state index contributed by atoms with van der Waals surface area (Å²) in [6.07, 6.45) is 5.42. The van der Waals surface area contributed by atoms with E-state index in [1.54, 1.807) is 33.5 Å². The lowest BCUT2D eigenvalue weighted by atomic mass is 9.93. The molecule has 12 nitrogen and oxygen atoms in total. The molecule has 2 amide bonds. The molecule has 1 fully saturated rings. The molecule has 1 aliphatic heterocycles. The summed E-state index contributed by atoms with van der Waals surface area (Å²) >= 11 is 0. The Kier molecular flexibility index (Phi) is 10.3. The van der Waals surface area contributed by atoms with Crippen LogP contribution in [0.15, 0.2) is 53.5 Å². The van der Waals surface area contributed by atoms with Gasteiger partial charge >= 0.3 is 0 Å². The van der Waals surface area contributed by atoms with Gasteiger partial charge in [0.05, 0.1) is 33.1 Å². The number of amides is 2. The number of methoxy groups -OCH3 is 3. The number of likely N-dealkylation sites (tertiary alicyclic amines) is 1. The molecular formula is C38H46N6O6. The maximum atomic E-state index is 14.2. The second kappa shape index (κ2) is 14.8. The molecule has 0 saturated carbocycles. The molecule has 12 heteroatoms. The van der Waals surface area contributed by atoms with Crippen molar-refractivity contribution in [3.8, 4) is 28.4 Å². The van der Waals surface area contributed by atoms with Crippen LogP contribution in [-0.4, -0.2) is 71.8 Å². The van der Waals surface area contributed by atoms with Gasteiger partial charge in [-0.3, -0.25) is 18.8 Å². The van der Waals surface area contributed by atoms with Gasteiger partial charge in [0.25, 0.3) is 0 Å². The highest BCUT2D eigenvalue weighted by Gasteiger charge is 2.34. The summed E-state index contributed by atoms with van der Waals surface area (Å²) in [4.78, 5) is 42.5. The van der Waals surface area contributed by atoms with Crippen molar-refractivity contribution in [2.45, 2.75) is 70.9 Å². The number of pyridine rings is 1. The van der Waals surface area contributed by atoms with E-state index in [9.17, 15) is 14.4 Å². The number of aromatic nitrogens is 3. The van der Waals surface area contributed by atoms with Gasteiger partial charge in [0.2, 0.25) is 23.0 Å². The van der Waals surface area contributed by atoms with Gasteiger partial charge < -0.3 is 29.7 Å². The average molecular weight is 683 g/mol. The Balaban J connectivity index is 1.33. The number of nitrogens with zero attached hydrogens (tertiary/aromatic N) is 4. The Morgan fingerprint density at radius 2 is 1.74 bits per heavy atom. The number of fused-ring (bicyclic) bond motifs is 4. The van der Waals surface area contributed by atoms with Crippen molar-refractivity contribution in [1.29, 1.82) is 0 Å². The molecule has 1 saturated heterocycles. The molecule has 0 unspecified atom stereocenters. The molecule has 2 aromatic heterocycles. The van der Waals surface area contributed by atoms with E-state index in [-0.39, 0.29) is 29.1 Å². The van der Waals surface area contributed by atoms with Crippen molar-refractivity contribution in [2.24, 2.45) is 5.92 Å². The Morgan fingerprint density at radius 3 is 2.42 bits per heavy atom. The van der Waals surface area contributed by atoms with Crippen LogP contribution >= 0.6 is 0 Å². The summed E-state index contributed by atoms with van der Waals surface area (Å²) in [5, 5.41) is 15.2. The Hall–Kier alpha value is -5.13. The molecule has 1 aliphatic carbocycles. The molecule has 0 spiro atoms. The maximum absolute atomic E-state index is 14.2. The predicted octanol–water partition coefficient (Wildman–Crippen LogP) is 5.14. The first-order valence-corrected chi connectivity index (χ1v) is 17.3. The second-order valence-electron chi connectivity index (χ2n) is 13.2. The van der Waals surface area contributed by atoms with E-state index < -0.39 is 12.1 Å². The van der Waals surface area contributed by atoms with Crippen molar-refractivity contribution in [3.05, 3.63) is 75.8 Å². The first-order valence-electron chi connectivity index (χ1n) is 17.3. The van der Waals surface area contributed by atoms with Crippen LogP contribution in [0, 0.1) is 5.92 Å². The van der Waals surface area contributed by atoms with Gasteiger partial charge in [-0.25, -0.2) is 0 Å². The third-order valence-electron chi connectivity index (χ3n) is 10.2. The standard InChI is InChI=1S/C38H46N6O6/c1-7-22(2)34(38(47)43-18-15-24(16-19-43)37-42-41-32-10-8-9-17-44(32)37)40-29-14-12-26-27(21-30(29)46)28(39-23(3)45)13-11-25-20-31(48-4)35(49-5)36(50-6)33(25)26/h8-10,12,14,17,20-22,24,28,34H,7,11,13,15-16,18-19H2,1-6H3,(H,39,45)(H,40,46)/t22-,28+,34+/m0/s1.